The quantitative estimate of drug-likeness (QED) is 0.914. The number of benzene rings is 1. The normalized spacial score (nSPS) is 11.2. The topological polar surface area (TPSA) is 81.8 Å². The standard InChI is InChI=1S/C12H8F3NO5/c13-12(14,15)20-10-4-2-1-3-9(10)19-6-7-5-8(11(17)18)16-21-7/h1-5H,6H2,(H,17,18). The van der Waals surface area contributed by atoms with Crippen molar-refractivity contribution in [3.8, 4) is 11.5 Å². The third kappa shape index (κ3) is 4.13. The van der Waals surface area contributed by atoms with Gasteiger partial charge >= 0.3 is 12.3 Å². The molecule has 0 unspecified atom stereocenters. The van der Waals surface area contributed by atoms with Gasteiger partial charge in [0.05, 0.1) is 0 Å². The average Bonchev–Trinajstić information content (AvgIpc) is 2.85. The van der Waals surface area contributed by atoms with E-state index in [1.54, 1.807) is 0 Å². The van der Waals surface area contributed by atoms with Crippen LogP contribution >= 0.6 is 0 Å². The first-order valence-electron chi connectivity index (χ1n) is 5.51. The summed E-state index contributed by atoms with van der Waals surface area (Å²) in [7, 11) is 0. The van der Waals surface area contributed by atoms with Crippen molar-refractivity contribution in [2.24, 2.45) is 0 Å². The maximum atomic E-state index is 12.2. The molecule has 2 aromatic rings. The van der Waals surface area contributed by atoms with Crippen LogP contribution in [0.4, 0.5) is 13.2 Å². The number of ether oxygens (including phenoxy) is 2. The SMILES string of the molecule is O=C(O)c1cc(COc2ccccc2OC(F)(F)F)on1. The number of nitrogens with zero attached hydrogens (tertiary/aromatic N) is 1. The molecule has 6 nitrogen and oxygen atoms in total. The van der Waals surface area contributed by atoms with Gasteiger partial charge in [0.2, 0.25) is 0 Å². The number of carbonyl (C=O) groups is 1. The molecule has 1 aromatic heterocycles. The van der Waals surface area contributed by atoms with Gasteiger partial charge in [-0.2, -0.15) is 0 Å². The molecule has 112 valence electrons. The van der Waals surface area contributed by atoms with Gasteiger partial charge in [-0.25, -0.2) is 4.79 Å². The first-order valence-corrected chi connectivity index (χ1v) is 5.51. The number of hydrogen-bond acceptors (Lipinski definition) is 5. The number of aromatic nitrogens is 1. The minimum atomic E-state index is -4.85. The zero-order chi connectivity index (χ0) is 15.5. The van der Waals surface area contributed by atoms with Crippen molar-refractivity contribution in [1.29, 1.82) is 0 Å². The van der Waals surface area contributed by atoms with Crippen molar-refractivity contribution in [2.75, 3.05) is 0 Å². The summed E-state index contributed by atoms with van der Waals surface area (Å²) in [6.07, 6.45) is -4.85. The van der Waals surface area contributed by atoms with Crippen molar-refractivity contribution >= 4 is 5.97 Å². The average molecular weight is 303 g/mol. The number of aromatic carboxylic acids is 1. The lowest BCUT2D eigenvalue weighted by molar-refractivity contribution is -0.275. The van der Waals surface area contributed by atoms with Crippen LogP contribution in [0.3, 0.4) is 0 Å². The van der Waals surface area contributed by atoms with Gasteiger partial charge < -0.3 is 19.1 Å². The van der Waals surface area contributed by atoms with E-state index >= 15 is 0 Å². The number of hydrogen-bond donors (Lipinski definition) is 1. The minimum Gasteiger partial charge on any atom is -0.482 e. The lowest BCUT2D eigenvalue weighted by Crippen LogP contribution is -2.17. The summed E-state index contributed by atoms with van der Waals surface area (Å²) in [5.74, 6) is -1.91. The molecule has 1 heterocycles. The van der Waals surface area contributed by atoms with Gasteiger partial charge in [-0.05, 0) is 12.1 Å². The summed E-state index contributed by atoms with van der Waals surface area (Å²) in [5, 5.41) is 11.9. The molecule has 0 fully saturated rings. The summed E-state index contributed by atoms with van der Waals surface area (Å²) in [4.78, 5) is 10.6. The Bertz CT molecular complexity index is 638. The van der Waals surface area contributed by atoms with Gasteiger partial charge in [0.25, 0.3) is 0 Å². The third-order valence-electron chi connectivity index (χ3n) is 2.22. The largest absolute Gasteiger partial charge is 0.573 e. The summed E-state index contributed by atoms with van der Waals surface area (Å²) in [5.41, 5.74) is -0.326. The molecule has 2 rings (SSSR count). The molecule has 0 saturated heterocycles. The van der Waals surface area contributed by atoms with Gasteiger partial charge in [-0.15, -0.1) is 13.2 Å². The van der Waals surface area contributed by atoms with Crippen LogP contribution in [0, 0.1) is 0 Å². The van der Waals surface area contributed by atoms with Gasteiger partial charge in [0.1, 0.15) is 6.61 Å². The first kappa shape index (κ1) is 14.7. The Morgan fingerprint density at radius 1 is 1.29 bits per heavy atom. The highest BCUT2D eigenvalue weighted by Gasteiger charge is 2.32. The van der Waals surface area contributed by atoms with Crippen LogP contribution in [0.15, 0.2) is 34.9 Å². The highest BCUT2D eigenvalue weighted by atomic mass is 19.4. The fourth-order valence-electron chi connectivity index (χ4n) is 1.41. The van der Waals surface area contributed by atoms with Crippen LogP contribution in [0.1, 0.15) is 16.2 Å². The maximum Gasteiger partial charge on any atom is 0.573 e. The fourth-order valence-corrected chi connectivity index (χ4v) is 1.41. The van der Waals surface area contributed by atoms with E-state index in [-0.39, 0.29) is 23.8 Å². The Morgan fingerprint density at radius 3 is 2.52 bits per heavy atom. The number of alkyl halides is 3. The van der Waals surface area contributed by atoms with E-state index in [1.165, 1.54) is 18.2 Å². The lowest BCUT2D eigenvalue weighted by atomic mass is 10.3. The summed E-state index contributed by atoms with van der Waals surface area (Å²) < 4.78 is 50.2. The Morgan fingerprint density at radius 2 is 1.95 bits per heavy atom. The van der Waals surface area contributed by atoms with E-state index in [0.717, 1.165) is 12.1 Å². The minimum absolute atomic E-state index is 0.0502. The molecule has 0 aliphatic carbocycles. The van der Waals surface area contributed by atoms with Crippen LogP contribution in [0.5, 0.6) is 11.5 Å². The highest BCUT2D eigenvalue weighted by Crippen LogP contribution is 2.32. The van der Waals surface area contributed by atoms with Crippen LogP contribution < -0.4 is 9.47 Å². The Labute approximate surface area is 115 Å². The second-order valence-corrected chi connectivity index (χ2v) is 3.77. The van der Waals surface area contributed by atoms with Gasteiger partial charge in [-0.3, -0.25) is 0 Å². The van der Waals surface area contributed by atoms with Crippen LogP contribution in [-0.4, -0.2) is 22.6 Å². The predicted octanol–water partition coefficient (Wildman–Crippen LogP) is 2.85. The molecule has 0 spiro atoms. The zero-order valence-electron chi connectivity index (χ0n) is 10.3. The molecule has 0 atom stereocenters. The number of carboxylic acid groups (broad SMARTS) is 1. The highest BCUT2D eigenvalue weighted by molar-refractivity contribution is 5.85. The van der Waals surface area contributed by atoms with Crippen molar-refractivity contribution in [2.45, 2.75) is 13.0 Å². The van der Waals surface area contributed by atoms with Crippen LogP contribution in [0.2, 0.25) is 0 Å². The molecule has 0 aliphatic rings. The summed E-state index contributed by atoms with van der Waals surface area (Å²) >= 11 is 0. The van der Waals surface area contributed by atoms with E-state index in [4.69, 9.17) is 9.84 Å². The smallest absolute Gasteiger partial charge is 0.482 e. The van der Waals surface area contributed by atoms with Crippen LogP contribution in [-0.2, 0) is 6.61 Å². The second kappa shape index (κ2) is 5.73. The van der Waals surface area contributed by atoms with Crippen LogP contribution in [0.25, 0.3) is 0 Å². The summed E-state index contributed by atoms with van der Waals surface area (Å²) in [6, 6.07) is 6.28. The van der Waals surface area contributed by atoms with E-state index < -0.39 is 18.1 Å². The van der Waals surface area contributed by atoms with Gasteiger partial charge in [0.15, 0.2) is 23.0 Å². The molecule has 9 heteroatoms. The molecule has 0 amide bonds. The monoisotopic (exact) mass is 303 g/mol. The van der Waals surface area contributed by atoms with Gasteiger partial charge in [-0.1, -0.05) is 17.3 Å². The Balaban J connectivity index is 2.07. The van der Waals surface area contributed by atoms with E-state index in [1.807, 2.05) is 0 Å². The zero-order valence-corrected chi connectivity index (χ0v) is 10.3. The number of para-hydroxylation sites is 2. The van der Waals surface area contributed by atoms with Crippen molar-refractivity contribution in [3.63, 3.8) is 0 Å². The van der Waals surface area contributed by atoms with Crippen molar-refractivity contribution in [1.82, 2.24) is 5.16 Å². The number of carboxylic acids is 1. The Kier molecular flexibility index (Phi) is 4.01. The molecule has 1 N–H and O–H groups in total. The van der Waals surface area contributed by atoms with Crippen molar-refractivity contribution < 1.29 is 37.1 Å². The molecule has 0 aliphatic heterocycles. The third-order valence-corrected chi connectivity index (χ3v) is 2.22. The second-order valence-electron chi connectivity index (χ2n) is 3.77. The maximum absolute atomic E-state index is 12.2. The molecule has 0 bridgehead atoms. The van der Waals surface area contributed by atoms with E-state index in [9.17, 15) is 18.0 Å². The van der Waals surface area contributed by atoms with E-state index in [0.29, 0.717) is 0 Å². The molecule has 0 saturated carbocycles. The lowest BCUT2D eigenvalue weighted by Gasteiger charge is -2.13. The number of halogens is 3. The van der Waals surface area contributed by atoms with E-state index in [2.05, 4.69) is 14.4 Å². The molecule has 21 heavy (non-hydrogen) atoms. The van der Waals surface area contributed by atoms with Crippen molar-refractivity contribution in [3.05, 3.63) is 41.8 Å². The van der Waals surface area contributed by atoms with Gasteiger partial charge in [0, 0.05) is 6.07 Å². The molecular formula is C12H8F3NO5. The number of rotatable bonds is 5. The Hall–Kier alpha value is -2.71. The fraction of sp³-hybridized carbons (Fsp3) is 0.167. The first-order chi connectivity index (χ1) is 9.85. The molecule has 0 radical (unpaired) electrons. The predicted molar refractivity (Wildman–Crippen MR) is 60.9 cm³/mol. The summed E-state index contributed by atoms with van der Waals surface area (Å²) in [6.45, 7) is -0.293. The molecular weight excluding hydrogens is 295 g/mol. The molecule has 1 aromatic carbocycles.